The van der Waals surface area contributed by atoms with Gasteiger partial charge >= 0.3 is 0 Å². The van der Waals surface area contributed by atoms with Crippen LogP contribution in [0.1, 0.15) is 45.7 Å². The molecular formula is C19H26N2O3. The molecule has 1 aromatic heterocycles. The minimum Gasteiger partial charge on any atom is -0.493 e. The summed E-state index contributed by atoms with van der Waals surface area (Å²) in [6.07, 6.45) is 4.84. The Labute approximate surface area is 142 Å². The zero-order valence-electron chi connectivity index (χ0n) is 14.8. The van der Waals surface area contributed by atoms with E-state index in [1.807, 2.05) is 10.6 Å². The predicted molar refractivity (Wildman–Crippen MR) is 91.4 cm³/mol. The van der Waals surface area contributed by atoms with Crippen LogP contribution in [0.25, 0.3) is 0 Å². The lowest BCUT2D eigenvalue weighted by molar-refractivity contribution is -0.124. The second kappa shape index (κ2) is 4.94. The summed E-state index contributed by atoms with van der Waals surface area (Å²) in [7, 11) is 0. The number of ether oxygens (including phenoxy) is 1. The molecule has 0 spiro atoms. The average molecular weight is 330 g/mol. The third-order valence-corrected chi connectivity index (χ3v) is 5.97. The van der Waals surface area contributed by atoms with Gasteiger partial charge in [0.1, 0.15) is 12.0 Å². The molecule has 5 rings (SSSR count). The molecule has 0 unspecified atom stereocenters. The lowest BCUT2D eigenvalue weighted by atomic mass is 9.63. The number of aromatic nitrogens is 1. The minimum absolute atomic E-state index is 0.0223. The van der Waals surface area contributed by atoms with E-state index in [1.165, 1.54) is 0 Å². The van der Waals surface area contributed by atoms with Crippen LogP contribution in [0.15, 0.2) is 16.9 Å². The molecule has 1 aromatic rings. The van der Waals surface area contributed by atoms with Crippen molar-refractivity contribution in [3.63, 3.8) is 0 Å². The molecule has 24 heavy (non-hydrogen) atoms. The first-order valence-electron chi connectivity index (χ1n) is 8.88. The third kappa shape index (κ3) is 2.25. The summed E-state index contributed by atoms with van der Waals surface area (Å²) in [4.78, 5) is 26.1. The maximum Gasteiger partial charge on any atom is 0.254 e. The minimum atomic E-state index is -0.306. The van der Waals surface area contributed by atoms with E-state index in [9.17, 15) is 9.59 Å². The van der Waals surface area contributed by atoms with Crippen LogP contribution in [0.2, 0.25) is 0 Å². The number of hydrogen-bond donors (Lipinski definition) is 0. The van der Waals surface area contributed by atoms with E-state index < -0.39 is 0 Å². The van der Waals surface area contributed by atoms with E-state index in [4.69, 9.17) is 4.74 Å². The highest BCUT2D eigenvalue weighted by Crippen LogP contribution is 2.60. The Balaban J connectivity index is 1.49. The number of carbonyl (C=O) groups excluding carboxylic acids is 1. The fraction of sp³-hybridized carbons (Fsp3) is 0.684. The number of nitrogens with zero attached hydrogens (tertiary/aromatic N) is 2. The number of aldehydes is 1. The van der Waals surface area contributed by atoms with E-state index in [0.717, 1.165) is 50.8 Å². The maximum absolute atomic E-state index is 12.1. The molecule has 0 radical (unpaired) electrons. The molecular weight excluding hydrogens is 304 g/mol. The highest BCUT2D eigenvalue weighted by atomic mass is 16.5. The van der Waals surface area contributed by atoms with Crippen molar-refractivity contribution in [2.45, 2.75) is 64.1 Å². The first-order valence-corrected chi connectivity index (χ1v) is 8.88. The first kappa shape index (κ1) is 15.9. The van der Waals surface area contributed by atoms with Gasteiger partial charge in [0.15, 0.2) is 0 Å². The fourth-order valence-corrected chi connectivity index (χ4v) is 5.07. The van der Waals surface area contributed by atoms with Gasteiger partial charge in [-0.25, -0.2) is 0 Å². The highest BCUT2D eigenvalue weighted by Gasteiger charge is 2.67. The molecule has 4 heterocycles. The molecule has 0 N–H and O–H groups in total. The van der Waals surface area contributed by atoms with Gasteiger partial charge in [-0.3, -0.25) is 9.69 Å². The van der Waals surface area contributed by atoms with Crippen LogP contribution >= 0.6 is 0 Å². The van der Waals surface area contributed by atoms with Crippen LogP contribution in [0, 0.1) is 5.41 Å². The van der Waals surface area contributed by atoms with Gasteiger partial charge in [-0.1, -0.05) is 0 Å². The van der Waals surface area contributed by atoms with E-state index >= 15 is 0 Å². The quantitative estimate of drug-likeness (QED) is 0.793. The van der Waals surface area contributed by atoms with Gasteiger partial charge in [0, 0.05) is 35.8 Å². The zero-order valence-corrected chi connectivity index (χ0v) is 14.8. The number of pyridine rings is 1. The molecule has 0 atom stereocenters. The topological polar surface area (TPSA) is 51.5 Å². The van der Waals surface area contributed by atoms with Crippen LogP contribution in [0.4, 0.5) is 0 Å². The molecule has 3 fully saturated rings. The number of aryl methyl sites for hydroxylation is 1. The number of rotatable bonds is 4. The number of hydrogen-bond acceptors (Lipinski definition) is 4. The Morgan fingerprint density at radius 1 is 1.29 bits per heavy atom. The normalized spacial score (nSPS) is 31.6. The molecule has 3 aliphatic heterocycles. The lowest BCUT2D eigenvalue weighted by Crippen LogP contribution is -2.56. The smallest absolute Gasteiger partial charge is 0.254 e. The van der Waals surface area contributed by atoms with Gasteiger partial charge in [0.25, 0.3) is 5.56 Å². The second-order valence-electron chi connectivity index (χ2n) is 8.90. The highest BCUT2D eigenvalue weighted by molar-refractivity contribution is 5.69. The summed E-state index contributed by atoms with van der Waals surface area (Å²) < 4.78 is 7.87. The van der Waals surface area contributed by atoms with Crippen molar-refractivity contribution in [1.82, 2.24) is 9.47 Å². The SMILES string of the molecule is CC(C)(C)N1CC2(COc3cc4n(c(=O)c3)CCC4)CC1(C=O)C2. The van der Waals surface area contributed by atoms with Crippen molar-refractivity contribution in [2.24, 2.45) is 5.41 Å². The van der Waals surface area contributed by atoms with Crippen molar-refractivity contribution in [1.29, 1.82) is 0 Å². The van der Waals surface area contributed by atoms with Crippen LogP contribution in [-0.4, -0.2) is 40.0 Å². The predicted octanol–water partition coefficient (Wildman–Crippen LogP) is 2.01. The molecule has 5 heteroatoms. The van der Waals surface area contributed by atoms with Gasteiger partial charge in [0.05, 0.1) is 12.1 Å². The summed E-state index contributed by atoms with van der Waals surface area (Å²) in [6, 6.07) is 3.61. The number of carbonyl (C=O) groups is 1. The lowest BCUT2D eigenvalue weighted by Gasteiger charge is -2.47. The molecule has 2 saturated heterocycles. The molecule has 2 bridgehead atoms. The van der Waals surface area contributed by atoms with Gasteiger partial charge in [-0.15, -0.1) is 0 Å². The van der Waals surface area contributed by atoms with Crippen molar-refractivity contribution >= 4 is 6.29 Å². The van der Waals surface area contributed by atoms with Gasteiger partial charge in [0.2, 0.25) is 0 Å². The Bertz CT molecular complexity index is 738. The Kier molecular flexibility index (Phi) is 3.27. The van der Waals surface area contributed by atoms with E-state index in [2.05, 4.69) is 25.7 Å². The van der Waals surface area contributed by atoms with Gasteiger partial charge in [-0.2, -0.15) is 0 Å². The van der Waals surface area contributed by atoms with Crippen LogP contribution < -0.4 is 10.3 Å². The van der Waals surface area contributed by atoms with E-state index in [1.54, 1.807) is 6.07 Å². The summed E-state index contributed by atoms with van der Waals surface area (Å²) in [6.45, 7) is 8.77. The first-order chi connectivity index (χ1) is 11.3. The molecule has 5 nitrogen and oxygen atoms in total. The Hall–Kier alpha value is -1.62. The van der Waals surface area contributed by atoms with Crippen LogP contribution in [0.3, 0.4) is 0 Å². The standard InChI is InChI=1S/C19H26N2O3/c1-17(2,3)21-11-18(9-19(21,10-18)12-22)13-24-15-7-14-5-4-6-20(14)16(23)8-15/h7-8,12H,4-6,9-11,13H2,1-3H3. The molecule has 0 aromatic carbocycles. The molecule has 0 amide bonds. The average Bonchev–Trinajstić information content (AvgIpc) is 3.14. The van der Waals surface area contributed by atoms with Crippen molar-refractivity contribution < 1.29 is 9.53 Å². The summed E-state index contributed by atoms with van der Waals surface area (Å²) in [5.41, 5.74) is 0.832. The Morgan fingerprint density at radius 3 is 2.67 bits per heavy atom. The summed E-state index contributed by atoms with van der Waals surface area (Å²) in [5.74, 6) is 0.681. The van der Waals surface area contributed by atoms with Crippen LogP contribution in [-0.2, 0) is 17.8 Å². The summed E-state index contributed by atoms with van der Waals surface area (Å²) in [5, 5.41) is 0. The number of fused-ring (bicyclic) bond motifs is 2. The van der Waals surface area contributed by atoms with Crippen LogP contribution in [0.5, 0.6) is 5.75 Å². The van der Waals surface area contributed by atoms with Crippen molar-refractivity contribution in [2.75, 3.05) is 13.2 Å². The van der Waals surface area contributed by atoms with Crippen molar-refractivity contribution in [3.05, 3.63) is 28.2 Å². The molecule has 4 aliphatic rings. The molecule has 1 aliphatic carbocycles. The van der Waals surface area contributed by atoms with Gasteiger partial charge in [-0.05, 0) is 52.5 Å². The monoisotopic (exact) mass is 330 g/mol. The van der Waals surface area contributed by atoms with Gasteiger partial charge < -0.3 is 14.1 Å². The third-order valence-electron chi connectivity index (χ3n) is 5.97. The second-order valence-corrected chi connectivity index (χ2v) is 8.90. The molecule has 1 saturated carbocycles. The molecule has 130 valence electrons. The fourth-order valence-electron chi connectivity index (χ4n) is 5.07. The largest absolute Gasteiger partial charge is 0.493 e. The van der Waals surface area contributed by atoms with Crippen molar-refractivity contribution in [3.8, 4) is 5.75 Å². The summed E-state index contributed by atoms with van der Waals surface area (Å²) >= 11 is 0. The van der Waals surface area contributed by atoms with E-state index in [0.29, 0.717) is 12.4 Å². The van der Waals surface area contributed by atoms with E-state index in [-0.39, 0.29) is 22.1 Å². The maximum atomic E-state index is 12.1. The Morgan fingerprint density at radius 2 is 2.04 bits per heavy atom. The zero-order chi connectivity index (χ0) is 17.2.